The third-order valence-electron chi connectivity index (χ3n) is 6.60. The van der Waals surface area contributed by atoms with E-state index in [1.54, 1.807) is 57.5 Å². The number of ketones is 1. The Morgan fingerprint density at radius 1 is 1.00 bits per heavy atom. The summed E-state index contributed by atoms with van der Waals surface area (Å²) in [6, 6.07) is 17.6. The second kappa shape index (κ2) is 10.9. The van der Waals surface area contributed by atoms with Crippen molar-refractivity contribution in [2.75, 3.05) is 20.4 Å². The van der Waals surface area contributed by atoms with Gasteiger partial charge in [-0.25, -0.2) is 0 Å². The Kier molecular flexibility index (Phi) is 7.44. The Balaban J connectivity index is 1.28. The van der Waals surface area contributed by atoms with Crippen molar-refractivity contribution < 1.29 is 19.1 Å². The molecule has 5 rings (SSSR count). The molecule has 196 valence electrons. The summed E-state index contributed by atoms with van der Waals surface area (Å²) >= 11 is 12.5. The maximum Gasteiger partial charge on any atom is 0.231 e. The molecular weight excluding hydrogens is 527 g/mol. The number of aryl methyl sites for hydroxylation is 1. The van der Waals surface area contributed by atoms with Crippen molar-refractivity contribution in [2.45, 2.75) is 25.9 Å². The van der Waals surface area contributed by atoms with E-state index in [-0.39, 0.29) is 37.1 Å². The molecule has 1 N–H and O–H groups in total. The smallest absolute Gasteiger partial charge is 0.231 e. The normalized spacial score (nSPS) is 12.2. The van der Waals surface area contributed by atoms with Gasteiger partial charge in [-0.05, 0) is 60.5 Å². The van der Waals surface area contributed by atoms with Crippen molar-refractivity contribution in [3.63, 3.8) is 0 Å². The van der Waals surface area contributed by atoms with Gasteiger partial charge in [-0.3, -0.25) is 15.0 Å². The van der Waals surface area contributed by atoms with Crippen molar-refractivity contribution in [2.24, 2.45) is 0 Å². The topological polar surface area (TPSA) is 89.6 Å². The van der Waals surface area contributed by atoms with Crippen LogP contribution in [0.25, 0.3) is 11.0 Å². The summed E-state index contributed by atoms with van der Waals surface area (Å²) in [5, 5.41) is 9.89. The van der Waals surface area contributed by atoms with Crippen LogP contribution in [0.3, 0.4) is 0 Å². The third-order valence-corrected chi connectivity index (χ3v) is 7.16. The molecule has 10 heteroatoms. The van der Waals surface area contributed by atoms with Crippen LogP contribution in [0, 0.1) is 5.41 Å². The predicted molar refractivity (Wildman–Crippen MR) is 145 cm³/mol. The zero-order valence-corrected chi connectivity index (χ0v) is 22.3. The van der Waals surface area contributed by atoms with Gasteiger partial charge in [-0.1, -0.05) is 35.3 Å². The van der Waals surface area contributed by atoms with Crippen molar-refractivity contribution >= 4 is 45.9 Å². The minimum Gasteiger partial charge on any atom is -0.454 e. The fourth-order valence-corrected chi connectivity index (χ4v) is 4.95. The minimum atomic E-state index is -0.131. The van der Waals surface area contributed by atoms with E-state index in [2.05, 4.69) is 0 Å². The lowest BCUT2D eigenvalue weighted by atomic mass is 10.1. The van der Waals surface area contributed by atoms with Gasteiger partial charge >= 0.3 is 0 Å². The molecule has 4 aromatic rings. The molecule has 0 spiro atoms. The number of nitrogens with zero attached hydrogens (tertiary/aromatic N) is 3. The molecule has 0 radical (unpaired) electrons. The molecule has 0 fully saturated rings. The molecule has 38 heavy (non-hydrogen) atoms. The lowest BCUT2D eigenvalue weighted by Crippen LogP contribution is -2.31. The molecule has 0 saturated carbocycles. The highest BCUT2D eigenvalue weighted by Gasteiger charge is 2.18. The van der Waals surface area contributed by atoms with E-state index in [4.69, 9.17) is 38.1 Å². The number of rotatable bonds is 9. The van der Waals surface area contributed by atoms with E-state index >= 15 is 0 Å². The van der Waals surface area contributed by atoms with Gasteiger partial charge in [0.05, 0.1) is 29.0 Å². The molecular formula is C28H26Cl2N4O4. The number of ether oxygens (including phenoxy) is 2. The molecule has 0 unspecified atom stereocenters. The second-order valence-electron chi connectivity index (χ2n) is 9.13. The summed E-state index contributed by atoms with van der Waals surface area (Å²) in [6.45, 7) is 1.15. The van der Waals surface area contributed by atoms with Gasteiger partial charge in [0.1, 0.15) is 0 Å². The lowest BCUT2D eigenvalue weighted by molar-refractivity contribution is -0.129. The summed E-state index contributed by atoms with van der Waals surface area (Å²) in [6.07, 6.45) is 0.858. The second-order valence-corrected chi connectivity index (χ2v) is 9.98. The molecule has 3 aromatic carbocycles. The summed E-state index contributed by atoms with van der Waals surface area (Å²) in [7, 11) is 1.77. The molecule has 8 nitrogen and oxygen atoms in total. The molecule has 1 aliphatic rings. The molecule has 0 aliphatic carbocycles. The number of fused-ring (bicyclic) bond motifs is 2. The molecule has 2 heterocycles. The molecule has 1 aliphatic heterocycles. The number of para-hydroxylation sites is 1. The molecule has 0 saturated heterocycles. The van der Waals surface area contributed by atoms with Crippen LogP contribution < -0.4 is 15.1 Å². The van der Waals surface area contributed by atoms with Crippen LogP contribution in [0.15, 0.2) is 60.7 Å². The number of imidazole rings is 1. The van der Waals surface area contributed by atoms with Gasteiger partial charge in [0.15, 0.2) is 17.3 Å². The first-order valence-corrected chi connectivity index (χ1v) is 12.9. The number of Topliss-reactive ketones (excluding diaryl/α,β-unsaturated/α-hetero) is 1. The van der Waals surface area contributed by atoms with Crippen LogP contribution in [-0.4, -0.2) is 46.1 Å². The van der Waals surface area contributed by atoms with E-state index in [0.717, 1.165) is 5.56 Å². The number of carbonyl (C=O) groups excluding carboxylic acids is 2. The average Bonchev–Trinajstić information content (AvgIpc) is 3.47. The number of halogens is 2. The van der Waals surface area contributed by atoms with Crippen LogP contribution in [-0.2, 0) is 24.3 Å². The van der Waals surface area contributed by atoms with Crippen LogP contribution >= 0.6 is 23.2 Å². The quantitative estimate of drug-likeness (QED) is 0.298. The van der Waals surface area contributed by atoms with Crippen molar-refractivity contribution in [3.05, 3.63) is 87.5 Å². The van der Waals surface area contributed by atoms with Gasteiger partial charge < -0.3 is 23.5 Å². The summed E-state index contributed by atoms with van der Waals surface area (Å²) in [4.78, 5) is 27.4. The average molecular weight is 553 g/mol. The number of hydrogen-bond acceptors (Lipinski definition) is 5. The monoisotopic (exact) mass is 552 g/mol. The number of amides is 1. The fraction of sp³-hybridized carbons (Fsp3) is 0.250. The Labute approximate surface area is 229 Å². The number of benzene rings is 3. The van der Waals surface area contributed by atoms with E-state index in [9.17, 15) is 9.59 Å². The number of likely N-dealkylation sites (N-methyl/N-ethyl adjacent to an activating group) is 1. The third kappa shape index (κ3) is 5.28. The van der Waals surface area contributed by atoms with E-state index in [0.29, 0.717) is 57.7 Å². The van der Waals surface area contributed by atoms with Crippen LogP contribution in [0.5, 0.6) is 11.5 Å². The zero-order chi connectivity index (χ0) is 26.8. The lowest BCUT2D eigenvalue weighted by Gasteiger charge is -2.17. The van der Waals surface area contributed by atoms with Crippen molar-refractivity contribution in [1.29, 1.82) is 5.41 Å². The van der Waals surface area contributed by atoms with E-state index in [1.807, 2.05) is 24.3 Å². The minimum absolute atomic E-state index is 0.00176. The highest BCUT2D eigenvalue weighted by molar-refractivity contribution is 6.35. The molecule has 0 atom stereocenters. The van der Waals surface area contributed by atoms with Crippen molar-refractivity contribution in [1.82, 2.24) is 14.0 Å². The Morgan fingerprint density at radius 2 is 1.76 bits per heavy atom. The summed E-state index contributed by atoms with van der Waals surface area (Å²) < 4.78 is 14.2. The van der Waals surface area contributed by atoms with Crippen LogP contribution in [0.4, 0.5) is 0 Å². The highest BCUT2D eigenvalue weighted by atomic mass is 35.5. The van der Waals surface area contributed by atoms with Gasteiger partial charge in [0.2, 0.25) is 18.3 Å². The summed E-state index contributed by atoms with van der Waals surface area (Å²) in [5.74, 6) is 1.19. The standard InChI is InChI=1S/C28H26Cl2N4O4/c1-32(26(36)15-18-6-11-24-25(14-18)38-17-37-24)12-3-13-33-27-21(30)4-2-5-22(27)34(28(33)31)16-23(35)19-7-9-20(29)10-8-19/h2,4-11,14,31H,3,12-13,15-17H2,1H3. The Hall–Kier alpha value is -3.75. The van der Waals surface area contributed by atoms with E-state index < -0.39 is 0 Å². The van der Waals surface area contributed by atoms with Crippen LogP contribution in [0.1, 0.15) is 22.3 Å². The number of aromatic nitrogens is 2. The number of nitrogens with one attached hydrogen (secondary N) is 1. The van der Waals surface area contributed by atoms with Gasteiger partial charge in [-0.2, -0.15) is 0 Å². The first-order valence-electron chi connectivity index (χ1n) is 12.1. The van der Waals surface area contributed by atoms with Crippen LogP contribution in [0.2, 0.25) is 10.0 Å². The molecule has 0 bridgehead atoms. The Morgan fingerprint density at radius 3 is 2.55 bits per heavy atom. The first-order chi connectivity index (χ1) is 18.3. The number of hydrogen-bond donors (Lipinski definition) is 1. The fourth-order valence-electron chi connectivity index (χ4n) is 4.55. The Bertz CT molecular complexity index is 1580. The maximum atomic E-state index is 13.0. The SMILES string of the molecule is CN(CCCn1c(=N)n(CC(=O)c2ccc(Cl)cc2)c2cccc(Cl)c21)C(=O)Cc1ccc2c(c1)OCO2. The van der Waals surface area contributed by atoms with E-state index in [1.165, 1.54) is 0 Å². The van der Waals surface area contributed by atoms with Gasteiger partial charge in [-0.15, -0.1) is 0 Å². The largest absolute Gasteiger partial charge is 0.454 e. The van der Waals surface area contributed by atoms with Gasteiger partial charge in [0, 0.05) is 30.7 Å². The van der Waals surface area contributed by atoms with Crippen molar-refractivity contribution in [3.8, 4) is 11.5 Å². The summed E-state index contributed by atoms with van der Waals surface area (Å²) in [5.41, 5.74) is 2.94. The predicted octanol–water partition coefficient (Wildman–Crippen LogP) is 4.93. The van der Waals surface area contributed by atoms with Gasteiger partial charge in [0.25, 0.3) is 0 Å². The maximum absolute atomic E-state index is 13.0. The molecule has 1 aromatic heterocycles. The highest BCUT2D eigenvalue weighted by Crippen LogP contribution is 2.32. The zero-order valence-electron chi connectivity index (χ0n) is 20.7. The first kappa shape index (κ1) is 25.9. The molecule has 1 amide bonds. The number of carbonyl (C=O) groups is 2.